The summed E-state index contributed by atoms with van der Waals surface area (Å²) in [7, 11) is 0. The highest BCUT2D eigenvalue weighted by molar-refractivity contribution is 6.07. The molecule has 2 amide bonds. The van der Waals surface area contributed by atoms with Crippen LogP contribution < -0.4 is 5.32 Å². The lowest BCUT2D eigenvalue weighted by Gasteiger charge is -2.45. The van der Waals surface area contributed by atoms with Gasteiger partial charge in [-0.25, -0.2) is 0 Å². The number of rotatable bonds is 3. The topological polar surface area (TPSA) is 52.7 Å². The summed E-state index contributed by atoms with van der Waals surface area (Å²) < 4.78 is 0. The first-order chi connectivity index (χ1) is 14.3. The second-order valence-electron chi connectivity index (χ2n) is 8.68. The van der Waals surface area contributed by atoms with Crippen LogP contribution in [0.5, 0.6) is 0 Å². The van der Waals surface area contributed by atoms with Crippen LogP contribution in [0, 0.1) is 11.8 Å². The molecule has 2 bridgehead atoms. The molecule has 2 aromatic rings. The van der Waals surface area contributed by atoms with Gasteiger partial charge in [0.15, 0.2) is 0 Å². The van der Waals surface area contributed by atoms with E-state index in [1.165, 1.54) is 22.3 Å². The normalized spacial score (nSPS) is 30.3. The van der Waals surface area contributed by atoms with Gasteiger partial charge in [-0.05, 0) is 22.3 Å². The molecular weight excluding hydrogens is 362 g/mol. The number of imide groups is 1. The zero-order valence-corrected chi connectivity index (χ0v) is 16.4. The van der Waals surface area contributed by atoms with Crippen LogP contribution in [0.2, 0.25) is 0 Å². The highest BCUT2D eigenvalue weighted by Gasteiger charge is 2.61. The van der Waals surface area contributed by atoms with Crippen LogP contribution in [0.15, 0.2) is 48.5 Å². The highest BCUT2D eigenvalue weighted by Crippen LogP contribution is 2.60. The third kappa shape index (κ3) is 2.41. The molecule has 2 aromatic carbocycles. The first kappa shape index (κ1) is 17.4. The van der Waals surface area contributed by atoms with Crippen molar-refractivity contribution in [1.82, 2.24) is 15.1 Å². The zero-order valence-electron chi connectivity index (χ0n) is 16.4. The molecule has 1 N–H and O–H groups in total. The number of hydrogen-bond acceptors (Lipinski definition) is 4. The molecule has 7 rings (SSSR count). The van der Waals surface area contributed by atoms with Crippen LogP contribution in [0.3, 0.4) is 0 Å². The minimum atomic E-state index is -0.250. The largest absolute Gasteiger partial charge is 0.314 e. The number of hydrogen-bond donors (Lipinski definition) is 1. The van der Waals surface area contributed by atoms with Crippen LogP contribution in [-0.4, -0.2) is 60.9 Å². The molecule has 5 aliphatic rings. The molecule has 2 aliphatic heterocycles. The van der Waals surface area contributed by atoms with Crippen molar-refractivity contribution in [1.29, 1.82) is 0 Å². The van der Waals surface area contributed by atoms with Crippen LogP contribution in [0.25, 0.3) is 0 Å². The van der Waals surface area contributed by atoms with Gasteiger partial charge in [-0.1, -0.05) is 48.5 Å². The number of benzene rings is 2. The maximum Gasteiger partial charge on any atom is 0.234 e. The molecule has 5 heteroatoms. The first-order valence-electron chi connectivity index (χ1n) is 10.7. The minimum absolute atomic E-state index is 0.00182. The van der Waals surface area contributed by atoms with Gasteiger partial charge in [0, 0.05) is 51.1 Å². The Bertz CT molecular complexity index is 882. The van der Waals surface area contributed by atoms with Gasteiger partial charge >= 0.3 is 0 Å². The van der Waals surface area contributed by atoms with E-state index < -0.39 is 0 Å². The molecule has 29 heavy (non-hydrogen) atoms. The molecule has 0 aromatic heterocycles. The Morgan fingerprint density at radius 1 is 0.724 bits per heavy atom. The molecule has 3 aliphatic carbocycles. The third-order valence-corrected chi connectivity index (χ3v) is 7.39. The third-order valence-electron chi connectivity index (χ3n) is 7.39. The fourth-order valence-electron chi connectivity index (χ4n) is 6.14. The Morgan fingerprint density at radius 3 is 1.62 bits per heavy atom. The lowest BCUT2D eigenvalue weighted by molar-refractivity contribution is -0.140. The Hall–Kier alpha value is -2.50. The van der Waals surface area contributed by atoms with Crippen molar-refractivity contribution in [2.24, 2.45) is 11.8 Å². The summed E-state index contributed by atoms with van der Waals surface area (Å²) in [5, 5.41) is 3.35. The highest BCUT2D eigenvalue weighted by atomic mass is 16.2. The summed E-state index contributed by atoms with van der Waals surface area (Å²) in [5.74, 6) is -0.431. The first-order valence-corrected chi connectivity index (χ1v) is 10.7. The van der Waals surface area contributed by atoms with E-state index in [0.29, 0.717) is 6.54 Å². The average Bonchev–Trinajstić information content (AvgIpc) is 3.03. The summed E-state index contributed by atoms with van der Waals surface area (Å²) >= 11 is 0. The quantitative estimate of drug-likeness (QED) is 0.816. The fourth-order valence-corrected chi connectivity index (χ4v) is 6.14. The van der Waals surface area contributed by atoms with E-state index in [9.17, 15) is 9.59 Å². The Labute approximate surface area is 170 Å². The molecule has 5 nitrogen and oxygen atoms in total. The predicted octanol–water partition coefficient (Wildman–Crippen LogP) is 1.78. The Morgan fingerprint density at radius 2 is 1.17 bits per heavy atom. The fraction of sp³-hybridized carbons (Fsp3) is 0.417. The monoisotopic (exact) mass is 387 g/mol. The maximum absolute atomic E-state index is 13.5. The van der Waals surface area contributed by atoms with Crippen molar-refractivity contribution in [3.8, 4) is 0 Å². The molecule has 148 valence electrons. The molecule has 0 radical (unpaired) electrons. The van der Waals surface area contributed by atoms with E-state index in [1.807, 2.05) is 0 Å². The second-order valence-corrected chi connectivity index (χ2v) is 8.68. The van der Waals surface area contributed by atoms with Crippen LogP contribution in [0.1, 0.15) is 34.1 Å². The number of nitrogens with one attached hydrogen (secondary N) is 1. The van der Waals surface area contributed by atoms with Gasteiger partial charge in [0.1, 0.15) is 0 Å². The van der Waals surface area contributed by atoms with Crippen LogP contribution in [-0.2, 0) is 9.59 Å². The standard InChI is InChI=1S/C24H25N3O2/c28-23-21-19-15-5-1-2-6-16(15)20(18-8-4-3-7-17(18)19)22(21)24(29)27(23)14-13-26-11-9-25-10-12-26/h1-8,19-22,25H,9-14H2/t19?,20?,21-,22-/m1/s1. The summed E-state index contributed by atoms with van der Waals surface area (Å²) in [6, 6.07) is 16.8. The smallest absolute Gasteiger partial charge is 0.234 e. The number of likely N-dealkylation sites (tertiary alicyclic amines) is 1. The van der Waals surface area contributed by atoms with Gasteiger partial charge in [-0.2, -0.15) is 0 Å². The number of amides is 2. The molecule has 2 saturated heterocycles. The minimum Gasteiger partial charge on any atom is -0.314 e. The zero-order chi connectivity index (χ0) is 19.5. The van der Waals surface area contributed by atoms with Crippen molar-refractivity contribution in [3.63, 3.8) is 0 Å². The molecule has 2 fully saturated rings. The van der Waals surface area contributed by atoms with Gasteiger partial charge in [-0.3, -0.25) is 19.4 Å². The summed E-state index contributed by atoms with van der Waals surface area (Å²) in [4.78, 5) is 30.9. The molecule has 0 saturated carbocycles. The van der Waals surface area contributed by atoms with E-state index in [0.717, 1.165) is 32.7 Å². The van der Waals surface area contributed by atoms with E-state index in [4.69, 9.17) is 0 Å². The van der Waals surface area contributed by atoms with Crippen molar-refractivity contribution >= 4 is 11.8 Å². The molecule has 0 spiro atoms. The Balaban J connectivity index is 1.37. The van der Waals surface area contributed by atoms with Crippen molar-refractivity contribution in [2.45, 2.75) is 11.8 Å². The second kappa shape index (κ2) is 6.51. The number of nitrogens with zero attached hydrogens (tertiary/aromatic N) is 2. The molecule has 0 unspecified atom stereocenters. The van der Waals surface area contributed by atoms with Gasteiger partial charge in [0.25, 0.3) is 0 Å². The molecule has 2 atom stereocenters. The maximum atomic E-state index is 13.5. The van der Waals surface area contributed by atoms with Crippen molar-refractivity contribution in [3.05, 3.63) is 70.8 Å². The summed E-state index contributed by atoms with van der Waals surface area (Å²) in [6.07, 6.45) is 0. The van der Waals surface area contributed by atoms with Gasteiger partial charge < -0.3 is 5.32 Å². The van der Waals surface area contributed by atoms with E-state index in [1.54, 1.807) is 4.90 Å². The Kier molecular flexibility index (Phi) is 3.90. The molecule has 2 heterocycles. The van der Waals surface area contributed by atoms with Gasteiger partial charge in [-0.15, -0.1) is 0 Å². The average molecular weight is 387 g/mol. The number of piperazine rings is 1. The van der Waals surface area contributed by atoms with Crippen molar-refractivity contribution in [2.75, 3.05) is 39.3 Å². The SMILES string of the molecule is O=C1[C@@H]2C3c4ccccc4C(c4ccccc43)[C@H]2C(=O)N1CCN1CCNCC1. The van der Waals surface area contributed by atoms with E-state index in [2.05, 4.69) is 58.7 Å². The predicted molar refractivity (Wildman–Crippen MR) is 110 cm³/mol. The van der Waals surface area contributed by atoms with E-state index >= 15 is 0 Å². The van der Waals surface area contributed by atoms with Crippen LogP contribution in [0.4, 0.5) is 0 Å². The van der Waals surface area contributed by atoms with Gasteiger partial charge in [0.2, 0.25) is 11.8 Å². The summed E-state index contributed by atoms with van der Waals surface area (Å²) in [6.45, 7) is 5.19. The lowest BCUT2D eigenvalue weighted by Crippen LogP contribution is -2.47. The molecular formula is C24H25N3O2. The van der Waals surface area contributed by atoms with E-state index in [-0.39, 0.29) is 35.5 Å². The lowest BCUT2D eigenvalue weighted by atomic mass is 9.55. The van der Waals surface area contributed by atoms with Crippen LogP contribution >= 0.6 is 0 Å². The summed E-state index contributed by atoms with van der Waals surface area (Å²) in [5.41, 5.74) is 4.95. The van der Waals surface area contributed by atoms with Crippen molar-refractivity contribution < 1.29 is 9.59 Å². The van der Waals surface area contributed by atoms with Gasteiger partial charge in [0.05, 0.1) is 11.8 Å². The number of carbonyl (C=O) groups is 2. The number of carbonyl (C=O) groups excluding carboxylic acids is 2.